The second kappa shape index (κ2) is 10.1. The van der Waals surface area contributed by atoms with E-state index < -0.39 is 5.91 Å². The van der Waals surface area contributed by atoms with E-state index in [2.05, 4.69) is 38.1 Å². The number of halogens is 1. The number of rotatable bonds is 7. The van der Waals surface area contributed by atoms with Crippen LogP contribution in [0.4, 0.5) is 5.69 Å². The minimum absolute atomic E-state index is 0.0578. The Kier molecular flexibility index (Phi) is 7.05. The highest BCUT2D eigenvalue weighted by Gasteiger charge is 2.26. The molecular weight excluding hydrogens is 444 g/mol. The first-order valence-electron chi connectivity index (χ1n) is 10.9. The molecule has 3 N–H and O–H groups in total. The van der Waals surface area contributed by atoms with Crippen LogP contribution in [0.25, 0.3) is 11.3 Å². The van der Waals surface area contributed by atoms with Crippen molar-refractivity contribution >= 4 is 29.1 Å². The summed E-state index contributed by atoms with van der Waals surface area (Å²) in [6.07, 6.45) is 5.97. The molecule has 1 saturated heterocycles. The summed E-state index contributed by atoms with van der Waals surface area (Å²) in [5.41, 5.74) is 2.14. The van der Waals surface area contributed by atoms with Crippen molar-refractivity contribution in [2.75, 3.05) is 24.3 Å². The minimum atomic E-state index is -0.428. The van der Waals surface area contributed by atoms with Crippen LogP contribution in [-0.2, 0) is 13.6 Å². The predicted molar refractivity (Wildman–Crippen MR) is 125 cm³/mol. The van der Waals surface area contributed by atoms with Crippen molar-refractivity contribution in [1.29, 1.82) is 0 Å². The average Bonchev–Trinajstić information content (AvgIpc) is 3.42. The van der Waals surface area contributed by atoms with Gasteiger partial charge in [-0.2, -0.15) is 10.2 Å². The van der Waals surface area contributed by atoms with Crippen LogP contribution in [-0.4, -0.2) is 61.4 Å². The van der Waals surface area contributed by atoms with E-state index in [1.807, 2.05) is 12.3 Å². The molecule has 4 heterocycles. The molecule has 174 valence electrons. The van der Waals surface area contributed by atoms with Crippen molar-refractivity contribution in [3.63, 3.8) is 0 Å². The molecule has 0 saturated carbocycles. The zero-order valence-electron chi connectivity index (χ0n) is 18.6. The molecule has 4 rings (SSSR count). The molecule has 33 heavy (non-hydrogen) atoms. The lowest BCUT2D eigenvalue weighted by molar-refractivity contribution is 0.0909. The van der Waals surface area contributed by atoms with Gasteiger partial charge in [0, 0.05) is 36.9 Å². The molecule has 11 heteroatoms. The zero-order chi connectivity index (χ0) is 23.4. The van der Waals surface area contributed by atoms with Gasteiger partial charge in [-0.15, -0.1) is 11.6 Å². The fourth-order valence-electron chi connectivity index (χ4n) is 3.83. The zero-order valence-corrected chi connectivity index (χ0v) is 19.3. The molecule has 0 bridgehead atoms. The number of carbonyl (C=O) groups is 2. The third kappa shape index (κ3) is 5.40. The van der Waals surface area contributed by atoms with Gasteiger partial charge in [-0.3, -0.25) is 19.0 Å². The van der Waals surface area contributed by atoms with Gasteiger partial charge in [0.15, 0.2) is 5.69 Å². The van der Waals surface area contributed by atoms with Crippen LogP contribution < -0.4 is 16.0 Å². The molecule has 3 aromatic rings. The van der Waals surface area contributed by atoms with Gasteiger partial charge in [0.25, 0.3) is 11.8 Å². The van der Waals surface area contributed by atoms with Crippen LogP contribution in [0.3, 0.4) is 0 Å². The van der Waals surface area contributed by atoms with E-state index in [0.29, 0.717) is 29.7 Å². The minimum Gasteiger partial charge on any atom is -0.347 e. The molecule has 0 radical (unpaired) electrons. The molecule has 1 unspecified atom stereocenters. The summed E-state index contributed by atoms with van der Waals surface area (Å²) in [7, 11) is 1.71. The first-order chi connectivity index (χ1) is 15.9. The lowest BCUT2D eigenvalue weighted by Crippen LogP contribution is -2.48. The summed E-state index contributed by atoms with van der Waals surface area (Å²) in [4.78, 5) is 30.3. The van der Waals surface area contributed by atoms with Crippen molar-refractivity contribution < 1.29 is 9.59 Å². The molecule has 0 aromatic carbocycles. The molecular formula is C22H27ClN8O2. The predicted octanol–water partition coefficient (Wildman–Crippen LogP) is 1.90. The Hall–Kier alpha value is -3.24. The van der Waals surface area contributed by atoms with Crippen molar-refractivity contribution in [1.82, 2.24) is 35.2 Å². The number of aryl methyl sites for hydroxylation is 2. The molecule has 2 atom stereocenters. The Labute approximate surface area is 196 Å². The van der Waals surface area contributed by atoms with Crippen LogP contribution in [0.2, 0.25) is 0 Å². The normalized spacial score (nSPS) is 18.2. The number of hydrogen-bond donors (Lipinski definition) is 3. The van der Waals surface area contributed by atoms with Gasteiger partial charge in [-0.1, -0.05) is 13.0 Å². The number of amides is 2. The number of alkyl halides is 1. The number of pyridine rings is 1. The smallest absolute Gasteiger partial charge is 0.274 e. The summed E-state index contributed by atoms with van der Waals surface area (Å²) >= 11 is 5.77. The number of anilines is 1. The van der Waals surface area contributed by atoms with E-state index in [1.165, 1.54) is 4.68 Å². The van der Waals surface area contributed by atoms with Crippen LogP contribution in [0.5, 0.6) is 0 Å². The van der Waals surface area contributed by atoms with E-state index in [9.17, 15) is 9.59 Å². The van der Waals surface area contributed by atoms with E-state index in [4.69, 9.17) is 11.6 Å². The summed E-state index contributed by atoms with van der Waals surface area (Å²) in [6, 6.07) is 5.24. The molecule has 1 aliphatic rings. The highest BCUT2D eigenvalue weighted by atomic mass is 35.5. The average molecular weight is 471 g/mol. The standard InChI is InChI=1S/C22H27ClN8O2/c1-14-10-24-8-6-16(14)27-22(33)20-19(13-30(2)29-20)28-21(32)18-5-3-4-17(26-18)15-11-25-31(12-15)9-7-23/h3-5,11-14,16,24H,6-10H2,1-2H3,(H,27,33)(H,28,32)/t14-,16?/m1/s1. The highest BCUT2D eigenvalue weighted by molar-refractivity contribution is 6.17. The SMILES string of the molecule is C[C@@H]1CNCCC1NC(=O)c1nn(C)cc1NC(=O)c1cccc(-c2cnn(CCCl)c2)n1. The van der Waals surface area contributed by atoms with Gasteiger partial charge in [0.1, 0.15) is 5.69 Å². The number of aromatic nitrogens is 5. The maximum atomic E-state index is 12.9. The Balaban J connectivity index is 1.49. The van der Waals surface area contributed by atoms with Crippen molar-refractivity contribution in [2.24, 2.45) is 13.0 Å². The van der Waals surface area contributed by atoms with Crippen LogP contribution in [0.15, 0.2) is 36.8 Å². The van der Waals surface area contributed by atoms with Crippen molar-refractivity contribution in [2.45, 2.75) is 25.9 Å². The van der Waals surface area contributed by atoms with Crippen LogP contribution >= 0.6 is 11.6 Å². The molecule has 3 aromatic heterocycles. The van der Waals surface area contributed by atoms with Crippen molar-refractivity contribution in [3.05, 3.63) is 48.2 Å². The third-order valence-electron chi connectivity index (χ3n) is 5.62. The van der Waals surface area contributed by atoms with Gasteiger partial charge < -0.3 is 16.0 Å². The molecule has 0 spiro atoms. The summed E-state index contributed by atoms with van der Waals surface area (Å²) in [5, 5.41) is 17.7. The first-order valence-corrected chi connectivity index (χ1v) is 11.4. The molecule has 10 nitrogen and oxygen atoms in total. The second-order valence-corrected chi connectivity index (χ2v) is 8.54. The van der Waals surface area contributed by atoms with E-state index in [1.54, 1.807) is 36.3 Å². The number of nitrogens with one attached hydrogen (secondary N) is 3. The number of nitrogens with zero attached hydrogens (tertiary/aromatic N) is 5. The Morgan fingerprint density at radius 3 is 2.91 bits per heavy atom. The monoisotopic (exact) mass is 470 g/mol. The first kappa shape index (κ1) is 22.9. The fourth-order valence-corrected chi connectivity index (χ4v) is 4.00. The molecule has 1 aliphatic heterocycles. The Bertz CT molecular complexity index is 1140. The number of piperidine rings is 1. The van der Waals surface area contributed by atoms with Gasteiger partial charge >= 0.3 is 0 Å². The Morgan fingerprint density at radius 1 is 1.27 bits per heavy atom. The molecule has 1 fully saturated rings. The third-order valence-corrected chi connectivity index (χ3v) is 5.79. The summed E-state index contributed by atoms with van der Waals surface area (Å²) < 4.78 is 3.23. The van der Waals surface area contributed by atoms with Crippen LogP contribution in [0.1, 0.15) is 34.3 Å². The highest BCUT2D eigenvalue weighted by Crippen LogP contribution is 2.19. The van der Waals surface area contributed by atoms with Crippen LogP contribution in [0, 0.1) is 5.92 Å². The maximum Gasteiger partial charge on any atom is 0.274 e. The summed E-state index contributed by atoms with van der Waals surface area (Å²) in [5.74, 6) is 0.0275. The molecule has 0 aliphatic carbocycles. The molecule has 2 amide bonds. The summed E-state index contributed by atoms with van der Waals surface area (Å²) in [6.45, 7) is 4.39. The van der Waals surface area contributed by atoms with Gasteiger partial charge in [-0.05, 0) is 37.6 Å². The van der Waals surface area contributed by atoms with E-state index in [-0.39, 0.29) is 23.3 Å². The lowest BCUT2D eigenvalue weighted by atomic mass is 9.95. The van der Waals surface area contributed by atoms with Gasteiger partial charge in [0.2, 0.25) is 0 Å². The lowest BCUT2D eigenvalue weighted by Gasteiger charge is -2.30. The van der Waals surface area contributed by atoms with Gasteiger partial charge in [-0.25, -0.2) is 4.98 Å². The number of carbonyl (C=O) groups excluding carboxylic acids is 2. The number of hydrogen-bond acceptors (Lipinski definition) is 6. The van der Waals surface area contributed by atoms with Gasteiger partial charge in [0.05, 0.1) is 24.1 Å². The van der Waals surface area contributed by atoms with E-state index >= 15 is 0 Å². The fraction of sp³-hybridized carbons (Fsp3) is 0.409. The second-order valence-electron chi connectivity index (χ2n) is 8.16. The largest absolute Gasteiger partial charge is 0.347 e. The maximum absolute atomic E-state index is 12.9. The topological polar surface area (TPSA) is 119 Å². The van der Waals surface area contributed by atoms with E-state index in [0.717, 1.165) is 25.1 Å². The Morgan fingerprint density at radius 2 is 2.12 bits per heavy atom. The van der Waals surface area contributed by atoms with Crippen molar-refractivity contribution in [3.8, 4) is 11.3 Å². The quantitative estimate of drug-likeness (QED) is 0.454.